The van der Waals surface area contributed by atoms with Crippen LogP contribution in [-0.4, -0.2) is 24.7 Å². The normalized spacial score (nSPS) is 22.1. The van der Waals surface area contributed by atoms with Gasteiger partial charge in [-0.15, -0.1) is 0 Å². The molecule has 0 N–H and O–H groups in total. The first-order chi connectivity index (χ1) is 7.68. The standard InChI is InChI=1S/C12H14F2NO/c1-15-8-3-2-7-11(15)16-12-9(13)5-4-6-10(12)14/h4-7,11H,2-3,8H2,1H3. The van der Waals surface area contributed by atoms with Crippen molar-refractivity contribution in [3.8, 4) is 5.75 Å². The van der Waals surface area contributed by atoms with E-state index in [9.17, 15) is 8.78 Å². The number of para-hydroxylation sites is 1. The zero-order valence-corrected chi connectivity index (χ0v) is 9.12. The third kappa shape index (κ3) is 2.32. The molecule has 0 bridgehead atoms. The Hall–Kier alpha value is -1.16. The van der Waals surface area contributed by atoms with Crippen molar-refractivity contribution in [3.63, 3.8) is 0 Å². The summed E-state index contributed by atoms with van der Waals surface area (Å²) in [6.45, 7) is 0.872. The van der Waals surface area contributed by atoms with E-state index in [-0.39, 0.29) is 12.0 Å². The van der Waals surface area contributed by atoms with Gasteiger partial charge in [-0.3, -0.25) is 4.90 Å². The average Bonchev–Trinajstić information content (AvgIpc) is 2.26. The fraction of sp³-hybridized carbons (Fsp3) is 0.417. The lowest BCUT2D eigenvalue weighted by molar-refractivity contribution is 0.0453. The van der Waals surface area contributed by atoms with E-state index in [0.717, 1.165) is 19.4 Å². The number of halogens is 2. The Kier molecular flexibility index (Phi) is 3.39. The third-order valence-corrected chi connectivity index (χ3v) is 2.68. The quantitative estimate of drug-likeness (QED) is 0.768. The second kappa shape index (κ2) is 4.78. The van der Waals surface area contributed by atoms with Crippen molar-refractivity contribution < 1.29 is 13.5 Å². The number of piperidine rings is 1. The molecular formula is C12H14F2NO. The molecule has 1 aromatic rings. The molecule has 1 saturated heterocycles. The second-order valence-electron chi connectivity index (χ2n) is 3.92. The van der Waals surface area contributed by atoms with Gasteiger partial charge in [0.2, 0.25) is 0 Å². The van der Waals surface area contributed by atoms with Crippen molar-refractivity contribution in [2.75, 3.05) is 13.6 Å². The number of hydrogen-bond acceptors (Lipinski definition) is 2. The van der Waals surface area contributed by atoms with Gasteiger partial charge in [0.05, 0.1) is 0 Å². The molecule has 4 heteroatoms. The molecule has 16 heavy (non-hydrogen) atoms. The Bertz CT molecular complexity index is 350. The number of nitrogens with zero attached hydrogens (tertiary/aromatic N) is 1. The Morgan fingerprint density at radius 1 is 1.31 bits per heavy atom. The van der Waals surface area contributed by atoms with Gasteiger partial charge in [-0.2, -0.15) is 0 Å². The SMILES string of the molecule is CN1CCC[CH]C1Oc1c(F)cccc1F. The molecule has 87 valence electrons. The maximum Gasteiger partial charge on any atom is 0.192 e. The van der Waals surface area contributed by atoms with Gasteiger partial charge < -0.3 is 4.74 Å². The van der Waals surface area contributed by atoms with Crippen LogP contribution in [0.2, 0.25) is 0 Å². The summed E-state index contributed by atoms with van der Waals surface area (Å²) in [5.74, 6) is -1.61. The first-order valence-electron chi connectivity index (χ1n) is 5.33. The van der Waals surface area contributed by atoms with E-state index in [1.165, 1.54) is 18.2 Å². The second-order valence-corrected chi connectivity index (χ2v) is 3.92. The van der Waals surface area contributed by atoms with Crippen LogP contribution in [0.1, 0.15) is 12.8 Å². The molecule has 0 spiro atoms. The highest BCUT2D eigenvalue weighted by Gasteiger charge is 2.23. The van der Waals surface area contributed by atoms with Crippen LogP contribution in [0.25, 0.3) is 0 Å². The molecule has 2 rings (SSSR count). The Morgan fingerprint density at radius 2 is 2.00 bits per heavy atom. The van der Waals surface area contributed by atoms with Crippen molar-refractivity contribution in [3.05, 3.63) is 36.3 Å². The molecule has 0 aromatic heterocycles. The Balaban J connectivity index is 2.13. The summed E-state index contributed by atoms with van der Waals surface area (Å²) >= 11 is 0. The number of ether oxygens (including phenoxy) is 1. The van der Waals surface area contributed by atoms with Gasteiger partial charge in [0.25, 0.3) is 0 Å². The minimum Gasteiger partial charge on any atom is -0.469 e. The van der Waals surface area contributed by atoms with E-state index < -0.39 is 11.6 Å². The molecule has 2 nitrogen and oxygen atoms in total. The minimum atomic E-state index is -0.660. The molecule has 1 fully saturated rings. The predicted molar refractivity (Wildman–Crippen MR) is 56.9 cm³/mol. The summed E-state index contributed by atoms with van der Waals surface area (Å²) in [5.41, 5.74) is 0. The van der Waals surface area contributed by atoms with E-state index in [1.54, 1.807) is 0 Å². The molecule has 1 aromatic carbocycles. The summed E-state index contributed by atoms with van der Waals surface area (Å²) in [7, 11) is 1.87. The molecule has 1 aliphatic heterocycles. The molecule has 0 saturated carbocycles. The Morgan fingerprint density at radius 3 is 2.62 bits per heavy atom. The van der Waals surface area contributed by atoms with Gasteiger partial charge in [-0.05, 0) is 32.0 Å². The summed E-state index contributed by atoms with van der Waals surface area (Å²) < 4.78 is 32.0. The van der Waals surface area contributed by atoms with Crippen LogP contribution in [0.5, 0.6) is 5.75 Å². The van der Waals surface area contributed by atoms with E-state index in [1.807, 2.05) is 18.4 Å². The predicted octanol–water partition coefficient (Wildman–Crippen LogP) is 2.60. The summed E-state index contributed by atoms with van der Waals surface area (Å²) in [4.78, 5) is 1.93. The summed E-state index contributed by atoms with van der Waals surface area (Å²) in [6.07, 6.45) is 3.54. The van der Waals surface area contributed by atoms with Crippen LogP contribution in [0, 0.1) is 18.1 Å². The van der Waals surface area contributed by atoms with Gasteiger partial charge >= 0.3 is 0 Å². The van der Waals surface area contributed by atoms with E-state index in [2.05, 4.69) is 0 Å². The topological polar surface area (TPSA) is 12.5 Å². The molecule has 1 atom stereocenters. The Labute approximate surface area is 93.8 Å². The van der Waals surface area contributed by atoms with Gasteiger partial charge in [0.1, 0.15) is 0 Å². The average molecular weight is 226 g/mol. The van der Waals surface area contributed by atoms with Crippen LogP contribution in [-0.2, 0) is 0 Å². The van der Waals surface area contributed by atoms with Crippen LogP contribution >= 0.6 is 0 Å². The maximum absolute atomic E-state index is 13.3. The lowest BCUT2D eigenvalue weighted by atomic mass is 10.1. The molecular weight excluding hydrogens is 212 g/mol. The smallest absolute Gasteiger partial charge is 0.192 e. The molecule has 1 heterocycles. The van der Waals surface area contributed by atoms with Gasteiger partial charge in [-0.1, -0.05) is 6.07 Å². The molecule has 1 radical (unpaired) electrons. The number of hydrogen-bond donors (Lipinski definition) is 0. The highest BCUT2D eigenvalue weighted by atomic mass is 19.1. The van der Waals surface area contributed by atoms with E-state index >= 15 is 0 Å². The van der Waals surface area contributed by atoms with Crippen molar-refractivity contribution in [1.82, 2.24) is 4.90 Å². The first kappa shape index (κ1) is 11.3. The fourth-order valence-electron chi connectivity index (χ4n) is 1.76. The van der Waals surface area contributed by atoms with Crippen molar-refractivity contribution in [2.45, 2.75) is 19.1 Å². The summed E-state index contributed by atoms with van der Waals surface area (Å²) in [6, 6.07) is 3.72. The molecule has 0 aliphatic carbocycles. The van der Waals surface area contributed by atoms with Gasteiger partial charge in [-0.25, -0.2) is 8.78 Å². The fourth-order valence-corrected chi connectivity index (χ4v) is 1.76. The molecule has 0 amide bonds. The monoisotopic (exact) mass is 226 g/mol. The summed E-state index contributed by atoms with van der Waals surface area (Å²) in [5, 5.41) is 0. The van der Waals surface area contributed by atoms with Gasteiger partial charge in [0, 0.05) is 13.0 Å². The van der Waals surface area contributed by atoms with E-state index in [4.69, 9.17) is 4.74 Å². The minimum absolute atomic E-state index is 0.294. The van der Waals surface area contributed by atoms with Crippen molar-refractivity contribution >= 4 is 0 Å². The molecule has 1 aliphatic rings. The lowest BCUT2D eigenvalue weighted by Gasteiger charge is -2.32. The number of rotatable bonds is 2. The van der Waals surface area contributed by atoms with Crippen LogP contribution in [0.3, 0.4) is 0 Å². The number of likely N-dealkylation sites (tertiary alicyclic amines) is 1. The van der Waals surface area contributed by atoms with Crippen molar-refractivity contribution in [1.29, 1.82) is 0 Å². The first-order valence-corrected chi connectivity index (χ1v) is 5.33. The highest BCUT2D eigenvalue weighted by molar-refractivity contribution is 5.26. The molecule has 1 unspecified atom stereocenters. The van der Waals surface area contributed by atoms with E-state index in [0.29, 0.717) is 0 Å². The lowest BCUT2D eigenvalue weighted by Crippen LogP contribution is -2.41. The largest absolute Gasteiger partial charge is 0.469 e. The zero-order chi connectivity index (χ0) is 11.5. The zero-order valence-electron chi connectivity index (χ0n) is 9.12. The van der Waals surface area contributed by atoms with Gasteiger partial charge in [0.15, 0.2) is 23.6 Å². The third-order valence-electron chi connectivity index (χ3n) is 2.68. The van der Waals surface area contributed by atoms with Crippen LogP contribution in [0.4, 0.5) is 8.78 Å². The van der Waals surface area contributed by atoms with Crippen molar-refractivity contribution in [2.24, 2.45) is 0 Å². The maximum atomic E-state index is 13.3. The highest BCUT2D eigenvalue weighted by Crippen LogP contribution is 2.25. The van der Waals surface area contributed by atoms with Crippen LogP contribution < -0.4 is 4.74 Å². The number of benzene rings is 1. The van der Waals surface area contributed by atoms with Crippen LogP contribution in [0.15, 0.2) is 18.2 Å².